The van der Waals surface area contributed by atoms with Gasteiger partial charge in [-0.15, -0.1) is 0 Å². The van der Waals surface area contributed by atoms with Crippen molar-refractivity contribution in [2.24, 2.45) is 0 Å². The van der Waals surface area contributed by atoms with Crippen molar-refractivity contribution in [2.45, 2.75) is 0 Å². The smallest absolute Gasteiger partial charge is 0.331 e. The van der Waals surface area contributed by atoms with Gasteiger partial charge >= 0.3 is 5.69 Å². The molecule has 0 spiro atoms. The molecule has 3 rings (SSSR count). The molecule has 5 heteroatoms. The lowest BCUT2D eigenvalue weighted by molar-refractivity contribution is 0.476. The number of phenolic OH excluding ortho intramolecular Hbond substituents is 1. The fraction of sp³-hybridized carbons (Fsp3) is 0. The zero-order valence-electron chi connectivity index (χ0n) is 8.79. The topological polar surface area (TPSA) is 70.9 Å². The highest BCUT2D eigenvalue weighted by Gasteiger charge is 2.08. The Morgan fingerprint density at radius 3 is 2.94 bits per heavy atom. The van der Waals surface area contributed by atoms with Crippen molar-refractivity contribution < 1.29 is 5.11 Å². The van der Waals surface area contributed by atoms with Gasteiger partial charge < -0.3 is 10.1 Å². The highest BCUT2D eigenvalue weighted by Crippen LogP contribution is 2.19. The van der Waals surface area contributed by atoms with Crippen LogP contribution in [0.1, 0.15) is 0 Å². The van der Waals surface area contributed by atoms with E-state index in [1.165, 1.54) is 10.6 Å². The Morgan fingerprint density at radius 2 is 2.18 bits per heavy atom. The molecule has 3 aromatic rings. The largest absolute Gasteiger partial charge is 0.508 e. The first kappa shape index (κ1) is 9.65. The predicted molar refractivity (Wildman–Crippen MR) is 63.4 cm³/mol. The minimum Gasteiger partial charge on any atom is -0.508 e. The summed E-state index contributed by atoms with van der Waals surface area (Å²) in [6.45, 7) is 0. The number of nitrogens with zero attached hydrogens (tertiary/aromatic N) is 2. The van der Waals surface area contributed by atoms with Gasteiger partial charge in [-0.2, -0.15) is 0 Å². The maximum Gasteiger partial charge on any atom is 0.331 e. The zero-order chi connectivity index (χ0) is 11.8. The first-order chi connectivity index (χ1) is 8.25. The molecule has 0 radical (unpaired) electrons. The molecule has 2 aromatic heterocycles. The summed E-state index contributed by atoms with van der Waals surface area (Å²) in [6.07, 6.45) is 3.26. The Hall–Kier alpha value is -2.56. The highest BCUT2D eigenvalue weighted by atomic mass is 16.3. The molecule has 2 N–H and O–H groups in total. The van der Waals surface area contributed by atoms with Crippen LogP contribution >= 0.6 is 0 Å². The lowest BCUT2D eigenvalue weighted by atomic mass is 10.3. The summed E-state index contributed by atoms with van der Waals surface area (Å²) in [6, 6.07) is 8.32. The van der Waals surface area contributed by atoms with Crippen molar-refractivity contribution in [3.63, 3.8) is 0 Å². The number of fused-ring (bicyclic) bond motifs is 1. The second-order valence-electron chi connectivity index (χ2n) is 3.68. The summed E-state index contributed by atoms with van der Waals surface area (Å²) >= 11 is 0. The van der Waals surface area contributed by atoms with E-state index in [-0.39, 0.29) is 11.4 Å². The van der Waals surface area contributed by atoms with E-state index in [0.717, 1.165) is 0 Å². The van der Waals surface area contributed by atoms with Crippen molar-refractivity contribution in [1.82, 2.24) is 14.5 Å². The summed E-state index contributed by atoms with van der Waals surface area (Å²) < 4.78 is 1.52. The first-order valence-electron chi connectivity index (χ1n) is 5.10. The van der Waals surface area contributed by atoms with E-state index in [4.69, 9.17) is 0 Å². The molecule has 0 amide bonds. The maximum absolute atomic E-state index is 11.8. The monoisotopic (exact) mass is 227 g/mol. The van der Waals surface area contributed by atoms with E-state index in [9.17, 15) is 9.90 Å². The fourth-order valence-corrected chi connectivity index (χ4v) is 1.84. The Morgan fingerprint density at radius 1 is 1.29 bits per heavy atom. The Bertz CT molecular complexity index is 728. The van der Waals surface area contributed by atoms with Crippen LogP contribution in [-0.4, -0.2) is 19.6 Å². The fourth-order valence-electron chi connectivity index (χ4n) is 1.84. The number of aromatic hydroxyl groups is 1. The third kappa shape index (κ3) is 1.48. The number of pyridine rings is 1. The molecule has 0 unspecified atom stereocenters. The number of nitrogens with one attached hydrogen (secondary N) is 1. The minimum absolute atomic E-state index is 0.122. The third-order valence-electron chi connectivity index (χ3n) is 2.57. The van der Waals surface area contributed by atoms with Crippen LogP contribution in [0.3, 0.4) is 0 Å². The molecule has 17 heavy (non-hydrogen) atoms. The van der Waals surface area contributed by atoms with Gasteiger partial charge in [0.25, 0.3) is 0 Å². The first-order valence-corrected chi connectivity index (χ1v) is 5.10. The van der Waals surface area contributed by atoms with Gasteiger partial charge in [0.2, 0.25) is 0 Å². The normalized spacial score (nSPS) is 10.8. The molecule has 0 bridgehead atoms. The van der Waals surface area contributed by atoms with Crippen LogP contribution in [0.5, 0.6) is 5.75 Å². The van der Waals surface area contributed by atoms with Crippen LogP contribution in [0.25, 0.3) is 16.7 Å². The van der Waals surface area contributed by atoms with Crippen LogP contribution in [0.4, 0.5) is 0 Å². The lowest BCUT2D eigenvalue weighted by Gasteiger charge is -2.01. The van der Waals surface area contributed by atoms with Crippen LogP contribution in [0.2, 0.25) is 0 Å². The van der Waals surface area contributed by atoms with Gasteiger partial charge in [-0.1, -0.05) is 0 Å². The van der Waals surface area contributed by atoms with Gasteiger partial charge in [0.15, 0.2) is 0 Å². The second-order valence-corrected chi connectivity index (χ2v) is 3.68. The number of aromatic nitrogens is 3. The number of rotatable bonds is 1. The van der Waals surface area contributed by atoms with Crippen molar-refractivity contribution in [2.75, 3.05) is 0 Å². The van der Waals surface area contributed by atoms with Gasteiger partial charge in [-0.05, 0) is 24.3 Å². The summed E-state index contributed by atoms with van der Waals surface area (Å²) in [5.41, 5.74) is 1.74. The molecule has 5 nitrogen and oxygen atoms in total. The summed E-state index contributed by atoms with van der Waals surface area (Å²) in [4.78, 5) is 18.5. The molecule has 2 heterocycles. The average Bonchev–Trinajstić information content (AvgIpc) is 2.65. The Labute approximate surface area is 96.0 Å². The SMILES string of the molecule is O=c1[nH]c2cc(O)ccc2n1-c1cccnc1. The van der Waals surface area contributed by atoms with E-state index < -0.39 is 0 Å². The molecule has 0 aliphatic carbocycles. The van der Waals surface area contributed by atoms with E-state index in [2.05, 4.69) is 9.97 Å². The molecule has 0 atom stereocenters. The quantitative estimate of drug-likeness (QED) is 0.660. The summed E-state index contributed by atoms with van der Waals surface area (Å²) in [5, 5.41) is 9.36. The van der Waals surface area contributed by atoms with Gasteiger partial charge in [-0.25, -0.2) is 4.79 Å². The van der Waals surface area contributed by atoms with Crippen LogP contribution in [0, 0.1) is 0 Å². The molecule has 1 aromatic carbocycles. The van der Waals surface area contributed by atoms with Crippen molar-refractivity contribution in [3.05, 3.63) is 53.2 Å². The Balaban J connectivity index is 2.37. The maximum atomic E-state index is 11.8. The van der Waals surface area contributed by atoms with E-state index in [1.54, 1.807) is 36.7 Å². The Kier molecular flexibility index (Phi) is 1.98. The number of hydrogen-bond donors (Lipinski definition) is 2. The van der Waals surface area contributed by atoms with E-state index in [0.29, 0.717) is 16.7 Å². The number of imidazole rings is 1. The van der Waals surface area contributed by atoms with Gasteiger partial charge in [0, 0.05) is 12.3 Å². The molecule has 84 valence electrons. The van der Waals surface area contributed by atoms with Crippen molar-refractivity contribution in [1.29, 1.82) is 0 Å². The van der Waals surface area contributed by atoms with Gasteiger partial charge in [0.05, 0.1) is 22.9 Å². The van der Waals surface area contributed by atoms with Gasteiger partial charge in [-0.3, -0.25) is 9.55 Å². The molecule has 0 saturated carbocycles. The minimum atomic E-state index is -0.251. The predicted octanol–water partition coefficient (Wildman–Crippen LogP) is 1.42. The molecule has 0 aliphatic rings. The number of hydrogen-bond acceptors (Lipinski definition) is 3. The molecular weight excluding hydrogens is 218 g/mol. The standard InChI is InChI=1S/C12H9N3O2/c16-9-3-4-11-10(6-9)14-12(17)15(11)8-2-1-5-13-7-8/h1-7,16H,(H,14,17). The molecular formula is C12H9N3O2. The number of aromatic amines is 1. The summed E-state index contributed by atoms with van der Waals surface area (Å²) in [5.74, 6) is 0.122. The molecule has 0 aliphatic heterocycles. The van der Waals surface area contributed by atoms with Crippen molar-refractivity contribution in [3.8, 4) is 11.4 Å². The van der Waals surface area contributed by atoms with Crippen molar-refractivity contribution >= 4 is 11.0 Å². The van der Waals surface area contributed by atoms with Crippen LogP contribution < -0.4 is 5.69 Å². The molecule has 0 fully saturated rings. The van der Waals surface area contributed by atoms with Crippen LogP contribution in [-0.2, 0) is 0 Å². The van der Waals surface area contributed by atoms with Gasteiger partial charge in [0.1, 0.15) is 5.75 Å². The number of phenols is 1. The van der Waals surface area contributed by atoms with E-state index in [1.807, 2.05) is 0 Å². The highest BCUT2D eigenvalue weighted by molar-refractivity contribution is 5.78. The van der Waals surface area contributed by atoms with Crippen LogP contribution in [0.15, 0.2) is 47.5 Å². The molecule has 0 saturated heterocycles. The summed E-state index contributed by atoms with van der Waals surface area (Å²) in [7, 11) is 0. The second kappa shape index (κ2) is 3.48. The number of H-pyrrole nitrogens is 1. The zero-order valence-corrected chi connectivity index (χ0v) is 8.79. The lowest BCUT2D eigenvalue weighted by Crippen LogP contribution is -2.14. The number of benzene rings is 1. The average molecular weight is 227 g/mol. The third-order valence-corrected chi connectivity index (χ3v) is 2.57. The van der Waals surface area contributed by atoms with E-state index >= 15 is 0 Å².